The number of nitrogens with one attached hydrogen (secondary N) is 1. The van der Waals surface area contributed by atoms with E-state index in [1.54, 1.807) is 12.1 Å². The molecule has 25 heavy (non-hydrogen) atoms. The number of amides is 4. The highest BCUT2D eigenvalue weighted by molar-refractivity contribution is 6.32. The summed E-state index contributed by atoms with van der Waals surface area (Å²) in [7, 11) is 0. The molecule has 2 saturated carbocycles. The number of hydrogen-bond donors (Lipinski definition) is 1. The molecule has 130 valence electrons. The summed E-state index contributed by atoms with van der Waals surface area (Å²) >= 11 is 0. The normalized spacial score (nSPS) is 31.9. The summed E-state index contributed by atoms with van der Waals surface area (Å²) in [5.74, 6) is -0.844. The Kier molecular flexibility index (Phi) is 3.90. The molecule has 0 aromatic heterocycles. The average molecular weight is 339 g/mol. The number of hydrogen-bond acceptors (Lipinski definition) is 4. The van der Waals surface area contributed by atoms with Crippen LogP contribution in [-0.2, 0) is 9.59 Å². The molecular formula is C19H21N3O3. The molecule has 6 heteroatoms. The first-order chi connectivity index (χ1) is 12.0. The number of benzene rings is 1. The smallest absolute Gasteiger partial charge is 0.293 e. The average Bonchev–Trinajstić information content (AvgIpc) is 3.19. The number of carbonyl (C=O) groups excluding carboxylic acids is 3. The standard InChI is InChI=1S/C19H21N3O3/c1-11-4-2-3-5-16(11)22-18(24)14(17(23)21-19(22)25)10-20-15-9-12-6-7-13(15)8-12/h2-5,10,12-15H,6-9H2,1H3,(H,21,23,25)/t12-,13-,14-,15-/m0/s1. The van der Waals surface area contributed by atoms with Gasteiger partial charge in [0.25, 0.3) is 5.91 Å². The van der Waals surface area contributed by atoms with Crippen LogP contribution in [-0.4, -0.2) is 30.1 Å². The minimum absolute atomic E-state index is 0.212. The van der Waals surface area contributed by atoms with Crippen LogP contribution in [0.3, 0.4) is 0 Å². The van der Waals surface area contributed by atoms with Crippen LogP contribution in [0.25, 0.3) is 0 Å². The Morgan fingerprint density at radius 2 is 1.96 bits per heavy atom. The number of barbiturate groups is 1. The van der Waals surface area contributed by atoms with Gasteiger partial charge in [-0.05, 0) is 49.7 Å². The zero-order chi connectivity index (χ0) is 17.6. The lowest BCUT2D eigenvalue weighted by atomic mass is 9.95. The number of nitrogens with zero attached hydrogens (tertiary/aromatic N) is 2. The fraction of sp³-hybridized carbons (Fsp3) is 0.474. The van der Waals surface area contributed by atoms with Gasteiger partial charge in [0.1, 0.15) is 0 Å². The Labute approximate surface area is 146 Å². The molecule has 1 aliphatic heterocycles. The van der Waals surface area contributed by atoms with Crippen molar-refractivity contribution in [2.75, 3.05) is 4.90 Å². The quantitative estimate of drug-likeness (QED) is 0.678. The predicted octanol–water partition coefficient (Wildman–Crippen LogP) is 2.45. The zero-order valence-corrected chi connectivity index (χ0v) is 14.1. The van der Waals surface area contributed by atoms with E-state index < -0.39 is 23.8 Å². The largest absolute Gasteiger partial charge is 0.335 e. The van der Waals surface area contributed by atoms with Crippen LogP contribution in [0.1, 0.15) is 31.2 Å². The molecule has 1 aromatic rings. The first-order valence-corrected chi connectivity index (χ1v) is 8.82. The van der Waals surface area contributed by atoms with Gasteiger partial charge in [-0.15, -0.1) is 0 Å². The molecular weight excluding hydrogens is 318 g/mol. The van der Waals surface area contributed by atoms with E-state index in [9.17, 15) is 14.4 Å². The van der Waals surface area contributed by atoms with Crippen molar-refractivity contribution in [1.82, 2.24) is 5.32 Å². The van der Waals surface area contributed by atoms with Gasteiger partial charge in [0.2, 0.25) is 5.91 Å². The monoisotopic (exact) mass is 339 g/mol. The van der Waals surface area contributed by atoms with Crippen molar-refractivity contribution in [3.05, 3.63) is 29.8 Å². The summed E-state index contributed by atoms with van der Waals surface area (Å²) in [4.78, 5) is 42.8. The van der Waals surface area contributed by atoms with Crippen LogP contribution in [0.2, 0.25) is 0 Å². The number of fused-ring (bicyclic) bond motifs is 2. The van der Waals surface area contributed by atoms with Crippen LogP contribution in [0, 0.1) is 24.7 Å². The molecule has 3 aliphatic rings. The van der Waals surface area contributed by atoms with Crippen LogP contribution < -0.4 is 10.2 Å². The molecule has 2 aliphatic carbocycles. The van der Waals surface area contributed by atoms with Gasteiger partial charge >= 0.3 is 6.03 Å². The zero-order valence-electron chi connectivity index (χ0n) is 14.1. The summed E-state index contributed by atoms with van der Waals surface area (Å²) in [5.41, 5.74) is 1.29. The number of urea groups is 1. The lowest BCUT2D eigenvalue weighted by Crippen LogP contribution is -2.59. The lowest BCUT2D eigenvalue weighted by Gasteiger charge is -2.29. The molecule has 0 radical (unpaired) electrons. The van der Waals surface area contributed by atoms with Crippen molar-refractivity contribution in [1.29, 1.82) is 0 Å². The van der Waals surface area contributed by atoms with Gasteiger partial charge in [-0.1, -0.05) is 24.6 Å². The molecule has 3 fully saturated rings. The van der Waals surface area contributed by atoms with Crippen LogP contribution in [0.5, 0.6) is 0 Å². The number of para-hydroxylation sites is 1. The molecule has 6 nitrogen and oxygen atoms in total. The third-order valence-electron chi connectivity index (χ3n) is 5.69. The van der Waals surface area contributed by atoms with Crippen molar-refractivity contribution in [2.24, 2.45) is 22.7 Å². The Hall–Kier alpha value is -2.50. The van der Waals surface area contributed by atoms with Gasteiger partial charge in [-0.25, -0.2) is 9.69 Å². The van der Waals surface area contributed by atoms with Gasteiger partial charge in [0.15, 0.2) is 5.92 Å². The minimum atomic E-state index is -1.04. The van der Waals surface area contributed by atoms with Gasteiger partial charge in [-0.3, -0.25) is 19.9 Å². The first-order valence-electron chi connectivity index (χ1n) is 8.82. The summed E-state index contributed by atoms with van der Waals surface area (Å²) < 4.78 is 0. The van der Waals surface area contributed by atoms with Gasteiger partial charge < -0.3 is 0 Å². The molecule has 4 amide bonds. The topological polar surface area (TPSA) is 78.8 Å². The van der Waals surface area contributed by atoms with Gasteiger partial charge in [0.05, 0.1) is 11.7 Å². The summed E-state index contributed by atoms with van der Waals surface area (Å²) in [6.45, 7) is 1.82. The highest BCUT2D eigenvalue weighted by Crippen LogP contribution is 2.45. The molecule has 1 saturated heterocycles. The van der Waals surface area contributed by atoms with E-state index in [1.807, 2.05) is 19.1 Å². The number of anilines is 1. The van der Waals surface area contributed by atoms with E-state index in [-0.39, 0.29) is 6.04 Å². The van der Waals surface area contributed by atoms with E-state index in [2.05, 4.69) is 10.3 Å². The van der Waals surface area contributed by atoms with Crippen LogP contribution in [0.4, 0.5) is 10.5 Å². The minimum Gasteiger partial charge on any atom is -0.293 e. The third-order valence-corrected chi connectivity index (χ3v) is 5.69. The number of rotatable bonds is 3. The molecule has 4 atom stereocenters. The molecule has 0 spiro atoms. The van der Waals surface area contributed by atoms with E-state index in [0.717, 1.165) is 22.8 Å². The Balaban J connectivity index is 1.57. The number of aryl methyl sites for hydroxylation is 1. The van der Waals surface area contributed by atoms with Crippen molar-refractivity contribution in [3.63, 3.8) is 0 Å². The summed E-state index contributed by atoms with van der Waals surface area (Å²) in [6.07, 6.45) is 6.17. The van der Waals surface area contributed by atoms with E-state index in [0.29, 0.717) is 11.6 Å². The van der Waals surface area contributed by atoms with Crippen molar-refractivity contribution in [3.8, 4) is 0 Å². The molecule has 1 N–H and O–H groups in total. The maximum absolute atomic E-state index is 12.8. The number of imide groups is 2. The summed E-state index contributed by atoms with van der Waals surface area (Å²) in [5, 5.41) is 2.28. The van der Waals surface area contributed by atoms with Crippen LogP contribution in [0.15, 0.2) is 29.3 Å². The van der Waals surface area contributed by atoms with Crippen molar-refractivity contribution >= 4 is 29.7 Å². The molecule has 2 bridgehead atoms. The lowest BCUT2D eigenvalue weighted by molar-refractivity contribution is -0.131. The maximum Gasteiger partial charge on any atom is 0.335 e. The highest BCUT2D eigenvalue weighted by atomic mass is 16.2. The van der Waals surface area contributed by atoms with Crippen molar-refractivity contribution < 1.29 is 14.4 Å². The number of aliphatic imine (C=N–C) groups is 1. The first kappa shape index (κ1) is 16.0. The van der Waals surface area contributed by atoms with Gasteiger partial charge in [-0.2, -0.15) is 0 Å². The van der Waals surface area contributed by atoms with E-state index in [1.165, 1.54) is 25.5 Å². The molecule has 4 rings (SSSR count). The second-order valence-electron chi connectivity index (χ2n) is 7.27. The predicted molar refractivity (Wildman–Crippen MR) is 93.4 cm³/mol. The molecule has 1 heterocycles. The maximum atomic E-state index is 12.8. The van der Waals surface area contributed by atoms with E-state index in [4.69, 9.17) is 0 Å². The van der Waals surface area contributed by atoms with Gasteiger partial charge in [0, 0.05) is 6.21 Å². The SMILES string of the molecule is Cc1ccccc1N1C(=O)NC(=O)[C@H](C=N[C@H]2C[C@H]3CC[C@H]2C3)C1=O. The Morgan fingerprint density at radius 1 is 1.16 bits per heavy atom. The fourth-order valence-corrected chi connectivity index (χ4v) is 4.35. The Morgan fingerprint density at radius 3 is 2.64 bits per heavy atom. The second-order valence-corrected chi connectivity index (χ2v) is 7.27. The fourth-order valence-electron chi connectivity index (χ4n) is 4.35. The highest BCUT2D eigenvalue weighted by Gasteiger charge is 2.42. The van der Waals surface area contributed by atoms with Crippen LogP contribution >= 0.6 is 0 Å². The third kappa shape index (κ3) is 2.75. The second kappa shape index (κ2) is 6.10. The molecule has 1 aromatic carbocycles. The van der Waals surface area contributed by atoms with E-state index >= 15 is 0 Å². The Bertz CT molecular complexity index is 773. The summed E-state index contributed by atoms with van der Waals surface area (Å²) in [6, 6.07) is 6.64. The molecule has 0 unspecified atom stereocenters. The number of carbonyl (C=O) groups is 3. The van der Waals surface area contributed by atoms with Crippen molar-refractivity contribution in [2.45, 2.75) is 38.6 Å².